The number of aromatic nitrogens is 2. The Bertz CT molecular complexity index is 1120. The number of carbonyl (C=O) groups is 1. The van der Waals surface area contributed by atoms with Gasteiger partial charge in [0.2, 0.25) is 0 Å². The molecule has 2 aromatic carbocycles. The predicted octanol–water partition coefficient (Wildman–Crippen LogP) is 4.94. The van der Waals surface area contributed by atoms with E-state index < -0.39 is 34.4 Å². The van der Waals surface area contributed by atoms with Gasteiger partial charge in [-0.2, -0.15) is 18.3 Å². The zero-order valence-electron chi connectivity index (χ0n) is 17.1. The predicted molar refractivity (Wildman–Crippen MR) is 107 cm³/mol. The molecule has 166 valence electrons. The molecular weight excluding hydrogens is 440 g/mol. The summed E-state index contributed by atoms with van der Waals surface area (Å²) in [5.74, 6) is -1.94. The first kappa shape index (κ1) is 22.8. The summed E-state index contributed by atoms with van der Waals surface area (Å²) >= 11 is 5.84. The molecule has 0 spiro atoms. The van der Waals surface area contributed by atoms with Gasteiger partial charge in [-0.05, 0) is 31.2 Å². The highest BCUT2D eigenvalue weighted by molar-refractivity contribution is 6.32. The fourth-order valence-electron chi connectivity index (χ4n) is 2.86. The van der Waals surface area contributed by atoms with Crippen LogP contribution in [0.5, 0.6) is 11.5 Å². The molecule has 1 heterocycles. The third-order valence-electron chi connectivity index (χ3n) is 4.31. The summed E-state index contributed by atoms with van der Waals surface area (Å²) in [6.45, 7) is 1.66. The SMILES string of the molecule is CC(C(=O)N[N+](C)(C)C)n1ncc2ccc(Oc3c(F)cc(C(F)(F)F)cc3Cl)cc21. The van der Waals surface area contributed by atoms with E-state index in [1.807, 2.05) is 0 Å². The van der Waals surface area contributed by atoms with Gasteiger partial charge < -0.3 is 4.74 Å². The quantitative estimate of drug-likeness (QED) is 0.334. The summed E-state index contributed by atoms with van der Waals surface area (Å²) in [6, 6.07) is 4.89. The molecule has 1 atom stereocenters. The van der Waals surface area contributed by atoms with Crippen molar-refractivity contribution in [3.05, 3.63) is 52.9 Å². The molecule has 11 heteroatoms. The maximum atomic E-state index is 14.3. The Kier molecular flexibility index (Phi) is 5.90. The summed E-state index contributed by atoms with van der Waals surface area (Å²) in [4.78, 5) is 12.5. The van der Waals surface area contributed by atoms with E-state index in [1.54, 1.807) is 40.3 Å². The molecule has 1 unspecified atom stereocenters. The van der Waals surface area contributed by atoms with E-state index in [1.165, 1.54) is 16.8 Å². The molecule has 0 aliphatic carbocycles. The molecule has 0 aliphatic heterocycles. The van der Waals surface area contributed by atoms with Crippen molar-refractivity contribution in [1.29, 1.82) is 0 Å². The second kappa shape index (κ2) is 8.01. The number of quaternary nitrogens is 1. The van der Waals surface area contributed by atoms with Crippen LogP contribution in [-0.2, 0) is 11.0 Å². The fraction of sp³-hybridized carbons (Fsp3) is 0.300. The molecule has 0 radical (unpaired) electrons. The smallest absolute Gasteiger partial charge is 0.416 e. The molecule has 0 fully saturated rings. The number of hydrogen-bond donors (Lipinski definition) is 1. The lowest BCUT2D eigenvalue weighted by atomic mass is 10.2. The molecule has 0 bridgehead atoms. The van der Waals surface area contributed by atoms with Crippen molar-refractivity contribution < 1.29 is 31.7 Å². The number of nitrogens with zero attached hydrogens (tertiary/aromatic N) is 3. The van der Waals surface area contributed by atoms with Crippen molar-refractivity contribution >= 4 is 28.4 Å². The number of ether oxygens (including phenoxy) is 1. The molecule has 0 aliphatic rings. The van der Waals surface area contributed by atoms with Crippen LogP contribution < -0.4 is 10.2 Å². The highest BCUT2D eigenvalue weighted by Gasteiger charge is 2.33. The van der Waals surface area contributed by atoms with E-state index in [9.17, 15) is 22.4 Å². The van der Waals surface area contributed by atoms with Crippen molar-refractivity contribution in [2.24, 2.45) is 0 Å². The van der Waals surface area contributed by atoms with Crippen LogP contribution in [0.15, 0.2) is 36.5 Å². The number of fused-ring (bicyclic) bond motifs is 1. The van der Waals surface area contributed by atoms with E-state index >= 15 is 0 Å². The van der Waals surface area contributed by atoms with Gasteiger partial charge in [0.15, 0.2) is 11.6 Å². The van der Waals surface area contributed by atoms with Crippen LogP contribution in [0.2, 0.25) is 5.02 Å². The van der Waals surface area contributed by atoms with Crippen LogP contribution >= 0.6 is 11.6 Å². The van der Waals surface area contributed by atoms with Gasteiger partial charge in [-0.25, -0.2) is 14.4 Å². The maximum Gasteiger partial charge on any atom is 0.416 e. The second-order valence-corrected chi connectivity index (χ2v) is 8.25. The first-order valence-electron chi connectivity index (χ1n) is 9.11. The number of hydrogen-bond acceptors (Lipinski definition) is 3. The Balaban J connectivity index is 1.94. The van der Waals surface area contributed by atoms with Gasteiger partial charge in [-0.1, -0.05) is 11.6 Å². The Morgan fingerprint density at radius 1 is 1.23 bits per heavy atom. The normalized spacial score (nSPS) is 13.3. The topological polar surface area (TPSA) is 56.2 Å². The van der Waals surface area contributed by atoms with Crippen LogP contribution in [0.25, 0.3) is 10.9 Å². The third-order valence-corrected chi connectivity index (χ3v) is 4.59. The Morgan fingerprint density at radius 2 is 1.90 bits per heavy atom. The van der Waals surface area contributed by atoms with E-state index in [0.717, 1.165) is 0 Å². The largest absolute Gasteiger partial charge is 0.453 e. The molecule has 31 heavy (non-hydrogen) atoms. The molecule has 1 amide bonds. The molecule has 0 saturated carbocycles. The van der Waals surface area contributed by atoms with Crippen LogP contribution in [0.4, 0.5) is 17.6 Å². The van der Waals surface area contributed by atoms with Crippen molar-refractivity contribution in [2.45, 2.75) is 19.1 Å². The number of nitrogens with one attached hydrogen (secondary N) is 1. The number of amides is 1. The Hall–Kier alpha value is -2.85. The molecule has 0 saturated heterocycles. The minimum Gasteiger partial charge on any atom is -0.453 e. The maximum absolute atomic E-state index is 14.3. The average Bonchev–Trinajstić information content (AvgIpc) is 3.04. The monoisotopic (exact) mass is 459 g/mol. The molecule has 1 aromatic heterocycles. The minimum absolute atomic E-state index is 0.119. The van der Waals surface area contributed by atoms with Crippen LogP contribution in [0.3, 0.4) is 0 Å². The van der Waals surface area contributed by atoms with Crippen LogP contribution in [0, 0.1) is 5.82 Å². The Labute approximate surface area is 180 Å². The van der Waals surface area contributed by atoms with Crippen LogP contribution in [0.1, 0.15) is 18.5 Å². The van der Waals surface area contributed by atoms with Gasteiger partial charge >= 0.3 is 6.18 Å². The number of carbonyl (C=O) groups excluding carboxylic acids is 1. The first-order chi connectivity index (χ1) is 14.3. The summed E-state index contributed by atoms with van der Waals surface area (Å²) < 4.78 is 59.9. The molecule has 3 rings (SSSR count). The van der Waals surface area contributed by atoms with Gasteiger partial charge in [0.05, 0.1) is 43.4 Å². The van der Waals surface area contributed by atoms with Crippen molar-refractivity contribution in [2.75, 3.05) is 21.1 Å². The highest BCUT2D eigenvalue weighted by Crippen LogP contribution is 2.39. The lowest BCUT2D eigenvalue weighted by Gasteiger charge is -2.25. The van der Waals surface area contributed by atoms with E-state index in [4.69, 9.17) is 16.3 Å². The van der Waals surface area contributed by atoms with Gasteiger partial charge in [-0.3, -0.25) is 9.48 Å². The van der Waals surface area contributed by atoms with Gasteiger partial charge in [0.25, 0.3) is 5.91 Å². The standard InChI is InChI=1S/C20H19ClF4N4O2/c1-11(19(30)27-29(2,3)4)28-17-9-14(6-5-12(17)10-26-28)31-18-15(21)7-13(8-16(18)22)20(23,24)25/h5-11H,1-4H3/p+1. The lowest BCUT2D eigenvalue weighted by molar-refractivity contribution is -0.906. The van der Waals surface area contributed by atoms with E-state index in [-0.39, 0.29) is 16.2 Å². The van der Waals surface area contributed by atoms with Gasteiger partial charge in [0.1, 0.15) is 11.8 Å². The molecule has 1 N–H and O–H groups in total. The molecule has 6 nitrogen and oxygen atoms in total. The van der Waals surface area contributed by atoms with Gasteiger partial charge in [-0.15, -0.1) is 0 Å². The molecule has 3 aromatic rings. The lowest BCUT2D eigenvalue weighted by Crippen LogP contribution is -2.53. The van der Waals surface area contributed by atoms with E-state index in [2.05, 4.69) is 10.5 Å². The third kappa shape index (κ3) is 5.08. The summed E-state index contributed by atoms with van der Waals surface area (Å²) in [6.07, 6.45) is -3.18. The number of benzene rings is 2. The number of alkyl halides is 3. The molecular formula is C20H20ClF4N4O2+. The first-order valence-corrected chi connectivity index (χ1v) is 9.49. The zero-order chi connectivity index (χ0) is 23.1. The van der Waals surface area contributed by atoms with Crippen molar-refractivity contribution in [1.82, 2.24) is 15.2 Å². The average molecular weight is 460 g/mol. The summed E-state index contributed by atoms with van der Waals surface area (Å²) in [5.41, 5.74) is 2.11. The summed E-state index contributed by atoms with van der Waals surface area (Å²) in [7, 11) is 5.38. The highest BCUT2D eigenvalue weighted by atomic mass is 35.5. The van der Waals surface area contributed by atoms with Crippen LogP contribution in [-0.4, -0.2) is 41.4 Å². The minimum atomic E-state index is -4.74. The zero-order valence-corrected chi connectivity index (χ0v) is 17.8. The second-order valence-electron chi connectivity index (χ2n) is 7.84. The Morgan fingerprint density at radius 3 is 2.48 bits per heavy atom. The fourth-order valence-corrected chi connectivity index (χ4v) is 3.11. The van der Waals surface area contributed by atoms with Crippen molar-refractivity contribution in [3.63, 3.8) is 0 Å². The van der Waals surface area contributed by atoms with E-state index in [0.29, 0.717) is 23.0 Å². The summed E-state index contributed by atoms with van der Waals surface area (Å²) in [5, 5.41) is 4.41. The number of halogens is 5. The number of rotatable bonds is 5. The van der Waals surface area contributed by atoms with Gasteiger partial charge in [0, 0.05) is 11.5 Å². The van der Waals surface area contributed by atoms with Crippen molar-refractivity contribution in [3.8, 4) is 11.5 Å².